The van der Waals surface area contributed by atoms with Crippen LogP contribution in [0.5, 0.6) is 0 Å². The Kier molecular flexibility index (Phi) is 5.13. The number of thiophene rings is 1. The second kappa shape index (κ2) is 6.68. The third kappa shape index (κ3) is 3.33. The lowest BCUT2D eigenvalue weighted by Gasteiger charge is -2.24. The fourth-order valence-electron chi connectivity index (χ4n) is 2.38. The maximum Gasteiger partial charge on any atom is 0.146 e. The van der Waals surface area contributed by atoms with E-state index in [1.54, 1.807) is 11.3 Å². The van der Waals surface area contributed by atoms with E-state index >= 15 is 0 Å². The van der Waals surface area contributed by atoms with Gasteiger partial charge in [-0.2, -0.15) is 0 Å². The van der Waals surface area contributed by atoms with Crippen LogP contribution in [-0.4, -0.2) is 46.2 Å². The molecule has 0 saturated carbocycles. The van der Waals surface area contributed by atoms with Gasteiger partial charge in [-0.1, -0.05) is 0 Å². The Morgan fingerprint density at radius 3 is 2.57 bits per heavy atom. The number of rotatable bonds is 6. The highest BCUT2D eigenvalue weighted by atomic mass is 32.1. The van der Waals surface area contributed by atoms with Crippen molar-refractivity contribution in [2.24, 2.45) is 0 Å². The summed E-state index contributed by atoms with van der Waals surface area (Å²) in [5, 5.41) is 13.5. The molecule has 0 aliphatic rings. The molecule has 0 aromatic carbocycles. The lowest BCUT2D eigenvalue weighted by Crippen LogP contribution is -2.33. The molecule has 21 heavy (non-hydrogen) atoms. The number of aliphatic hydroxyl groups excluding tert-OH is 1. The van der Waals surface area contributed by atoms with Crippen molar-refractivity contribution >= 4 is 27.4 Å². The molecule has 0 aliphatic heterocycles. The minimum absolute atomic E-state index is 0.149. The minimum atomic E-state index is 0.149. The Labute approximate surface area is 130 Å². The summed E-state index contributed by atoms with van der Waals surface area (Å²) in [7, 11) is 1.89. The van der Waals surface area contributed by atoms with E-state index in [1.165, 1.54) is 10.4 Å². The predicted molar refractivity (Wildman–Crippen MR) is 89.1 cm³/mol. The fraction of sp³-hybridized carbons (Fsp3) is 0.600. The monoisotopic (exact) mass is 308 g/mol. The molecule has 116 valence electrons. The first-order chi connectivity index (χ1) is 9.97. The van der Waals surface area contributed by atoms with Gasteiger partial charge in [0.2, 0.25) is 0 Å². The number of hydrogen-bond donors (Lipinski definition) is 2. The van der Waals surface area contributed by atoms with Crippen molar-refractivity contribution in [3.05, 3.63) is 16.3 Å². The molecule has 0 spiro atoms. The molecule has 2 aromatic heterocycles. The molecule has 2 rings (SSSR count). The van der Waals surface area contributed by atoms with Gasteiger partial charge >= 0.3 is 0 Å². The van der Waals surface area contributed by atoms with Crippen LogP contribution in [0.2, 0.25) is 0 Å². The zero-order chi connectivity index (χ0) is 15.6. The summed E-state index contributed by atoms with van der Waals surface area (Å²) in [5.74, 6) is 1.69. The Morgan fingerprint density at radius 1 is 1.29 bits per heavy atom. The highest BCUT2D eigenvalue weighted by Gasteiger charge is 2.16. The second-order valence-corrected chi connectivity index (χ2v) is 6.69. The summed E-state index contributed by atoms with van der Waals surface area (Å²) in [6.45, 7) is 9.90. The number of aromatic nitrogens is 2. The molecule has 2 heterocycles. The minimum Gasteiger partial charge on any atom is -0.395 e. The molecular formula is C15H24N4OS. The van der Waals surface area contributed by atoms with Gasteiger partial charge in [0, 0.05) is 24.5 Å². The summed E-state index contributed by atoms with van der Waals surface area (Å²) >= 11 is 1.71. The quantitative estimate of drug-likeness (QED) is 0.859. The molecule has 0 fully saturated rings. The Balaban J connectivity index is 2.41. The average molecular weight is 308 g/mol. The highest BCUT2D eigenvalue weighted by Crippen LogP contribution is 2.33. The van der Waals surface area contributed by atoms with Gasteiger partial charge in [0.1, 0.15) is 16.5 Å². The van der Waals surface area contributed by atoms with E-state index in [1.807, 2.05) is 7.05 Å². The number of anilines is 1. The van der Waals surface area contributed by atoms with Crippen LogP contribution in [0.15, 0.2) is 0 Å². The van der Waals surface area contributed by atoms with Gasteiger partial charge in [-0.05, 0) is 33.3 Å². The van der Waals surface area contributed by atoms with Crippen molar-refractivity contribution in [1.29, 1.82) is 0 Å². The average Bonchev–Trinajstić information content (AvgIpc) is 2.72. The van der Waals surface area contributed by atoms with Gasteiger partial charge in [0.25, 0.3) is 0 Å². The molecule has 6 heteroatoms. The number of nitrogens with zero attached hydrogens (tertiary/aromatic N) is 3. The molecular weight excluding hydrogens is 284 g/mol. The lowest BCUT2D eigenvalue weighted by molar-refractivity contribution is 0.156. The molecule has 2 aromatic rings. The summed E-state index contributed by atoms with van der Waals surface area (Å²) in [6, 6.07) is 0.348. The molecule has 0 radical (unpaired) electrons. The number of aliphatic hydroxyl groups is 1. The van der Waals surface area contributed by atoms with Crippen LogP contribution >= 0.6 is 11.3 Å². The number of fused-ring (bicyclic) bond motifs is 1. The number of aryl methyl sites for hydroxylation is 2. The van der Waals surface area contributed by atoms with Crippen LogP contribution < -0.4 is 5.32 Å². The summed E-state index contributed by atoms with van der Waals surface area (Å²) in [4.78, 5) is 13.9. The zero-order valence-corrected chi connectivity index (χ0v) is 14.2. The van der Waals surface area contributed by atoms with Gasteiger partial charge in [0.05, 0.1) is 18.5 Å². The van der Waals surface area contributed by atoms with Crippen molar-refractivity contribution in [3.63, 3.8) is 0 Å². The van der Waals surface area contributed by atoms with Crippen molar-refractivity contribution in [3.8, 4) is 0 Å². The third-order valence-electron chi connectivity index (χ3n) is 3.77. The lowest BCUT2D eigenvalue weighted by atomic mass is 10.2. The summed E-state index contributed by atoms with van der Waals surface area (Å²) in [6.07, 6.45) is 0. The van der Waals surface area contributed by atoms with Crippen molar-refractivity contribution < 1.29 is 5.11 Å². The SMILES string of the molecule is CNc1nc(CN(CCO)C(C)C)nc2sc(C)c(C)c12. The predicted octanol–water partition coefficient (Wildman–Crippen LogP) is 2.55. The van der Waals surface area contributed by atoms with Crippen molar-refractivity contribution in [1.82, 2.24) is 14.9 Å². The van der Waals surface area contributed by atoms with Gasteiger partial charge < -0.3 is 10.4 Å². The van der Waals surface area contributed by atoms with Crippen molar-refractivity contribution in [2.75, 3.05) is 25.5 Å². The van der Waals surface area contributed by atoms with Crippen LogP contribution in [-0.2, 0) is 6.54 Å². The molecule has 0 atom stereocenters. The highest BCUT2D eigenvalue weighted by molar-refractivity contribution is 7.18. The Morgan fingerprint density at radius 2 is 2.00 bits per heavy atom. The van der Waals surface area contributed by atoms with E-state index in [9.17, 15) is 5.11 Å². The number of hydrogen-bond acceptors (Lipinski definition) is 6. The van der Waals surface area contributed by atoms with E-state index in [0.717, 1.165) is 21.9 Å². The summed E-state index contributed by atoms with van der Waals surface area (Å²) < 4.78 is 0. The van der Waals surface area contributed by atoms with E-state index in [4.69, 9.17) is 4.98 Å². The molecule has 0 amide bonds. The molecule has 0 bridgehead atoms. The molecule has 2 N–H and O–H groups in total. The Hall–Kier alpha value is -1.24. The summed E-state index contributed by atoms with van der Waals surface area (Å²) in [5.41, 5.74) is 1.25. The second-order valence-electron chi connectivity index (χ2n) is 5.49. The Bertz CT molecular complexity index is 624. The van der Waals surface area contributed by atoms with E-state index in [-0.39, 0.29) is 6.61 Å². The molecule has 0 aliphatic carbocycles. The van der Waals surface area contributed by atoms with E-state index in [2.05, 4.69) is 42.9 Å². The van der Waals surface area contributed by atoms with E-state index in [0.29, 0.717) is 19.1 Å². The normalized spacial score (nSPS) is 11.8. The molecule has 0 saturated heterocycles. The van der Waals surface area contributed by atoms with Gasteiger partial charge in [-0.25, -0.2) is 9.97 Å². The largest absolute Gasteiger partial charge is 0.395 e. The maximum absolute atomic E-state index is 9.18. The van der Waals surface area contributed by atoms with Crippen LogP contribution in [0.1, 0.15) is 30.1 Å². The van der Waals surface area contributed by atoms with Crippen LogP contribution in [0.25, 0.3) is 10.2 Å². The molecule has 5 nitrogen and oxygen atoms in total. The topological polar surface area (TPSA) is 61.3 Å². The number of nitrogens with one attached hydrogen (secondary N) is 1. The van der Waals surface area contributed by atoms with Gasteiger partial charge in [-0.3, -0.25) is 4.90 Å². The molecule has 0 unspecified atom stereocenters. The zero-order valence-electron chi connectivity index (χ0n) is 13.4. The third-order valence-corrected chi connectivity index (χ3v) is 4.87. The first kappa shape index (κ1) is 16.1. The van der Waals surface area contributed by atoms with Gasteiger partial charge in [0.15, 0.2) is 0 Å². The maximum atomic E-state index is 9.18. The van der Waals surface area contributed by atoms with Crippen LogP contribution in [0, 0.1) is 13.8 Å². The first-order valence-corrected chi connectivity index (χ1v) is 8.08. The first-order valence-electron chi connectivity index (χ1n) is 7.27. The smallest absolute Gasteiger partial charge is 0.146 e. The van der Waals surface area contributed by atoms with Crippen molar-refractivity contribution in [2.45, 2.75) is 40.3 Å². The van der Waals surface area contributed by atoms with Crippen LogP contribution in [0.3, 0.4) is 0 Å². The van der Waals surface area contributed by atoms with Gasteiger partial charge in [-0.15, -0.1) is 11.3 Å². The standard InChI is InChI=1S/C15H24N4OS/c1-9(2)19(6-7-20)8-12-17-14(16-5)13-10(3)11(4)21-15(13)18-12/h9,20H,6-8H2,1-5H3,(H,16,17,18). The fourth-order valence-corrected chi connectivity index (χ4v) is 3.42. The van der Waals surface area contributed by atoms with Crippen LogP contribution in [0.4, 0.5) is 5.82 Å². The van der Waals surface area contributed by atoms with E-state index < -0.39 is 0 Å².